The van der Waals surface area contributed by atoms with Crippen LogP contribution in [0.5, 0.6) is 0 Å². The van der Waals surface area contributed by atoms with Gasteiger partial charge in [-0.1, -0.05) is 6.07 Å². The summed E-state index contributed by atoms with van der Waals surface area (Å²) < 4.78 is 5.86. The number of fused-ring (bicyclic) bond motifs is 1. The molecule has 2 saturated heterocycles. The van der Waals surface area contributed by atoms with Crippen molar-refractivity contribution in [2.45, 2.75) is 51.4 Å². The van der Waals surface area contributed by atoms with Gasteiger partial charge in [-0.2, -0.15) is 0 Å². The van der Waals surface area contributed by atoms with Gasteiger partial charge in [0.15, 0.2) is 0 Å². The topological polar surface area (TPSA) is 92.3 Å². The highest BCUT2D eigenvalue weighted by Gasteiger charge is 2.23. The van der Waals surface area contributed by atoms with E-state index in [2.05, 4.69) is 34.4 Å². The van der Waals surface area contributed by atoms with Crippen LogP contribution in [0.4, 0.5) is 5.82 Å². The standard InChI is InChI=1S/C26H32N6O2/c1-17-15-32(16-18(2)34-17)25-7-3-6-22(31-25)23-9-8-19-13-28-21(11-24(19)30-23)12-26(33)29-20-5-4-10-27-14-20/h3,6-9,11,13,17-18,20,27H,4-5,10,12,14-16H2,1-2H3,(H,29,33)/t17-,18+,20-/m1/s1. The number of ether oxygens (including phenoxy) is 1. The molecule has 0 unspecified atom stereocenters. The Bertz CT molecular complexity index is 1150. The lowest BCUT2D eigenvalue weighted by Gasteiger charge is -2.36. The van der Waals surface area contributed by atoms with Crippen molar-refractivity contribution in [3.8, 4) is 11.4 Å². The van der Waals surface area contributed by atoms with Gasteiger partial charge < -0.3 is 20.3 Å². The predicted octanol–water partition coefficient (Wildman–Crippen LogP) is 2.72. The average Bonchev–Trinajstić information content (AvgIpc) is 2.83. The third-order valence-electron chi connectivity index (χ3n) is 6.37. The lowest BCUT2D eigenvalue weighted by Crippen LogP contribution is -2.46. The molecule has 3 aromatic heterocycles. The highest BCUT2D eigenvalue weighted by molar-refractivity contribution is 5.83. The number of hydrogen-bond donors (Lipinski definition) is 2. The molecule has 0 spiro atoms. The monoisotopic (exact) mass is 460 g/mol. The molecule has 0 bridgehead atoms. The third kappa shape index (κ3) is 5.34. The van der Waals surface area contributed by atoms with Crippen LogP contribution in [-0.4, -0.2) is 65.3 Å². The zero-order valence-electron chi connectivity index (χ0n) is 19.8. The second-order valence-corrected chi connectivity index (χ2v) is 9.40. The third-order valence-corrected chi connectivity index (χ3v) is 6.37. The number of aromatic nitrogens is 3. The lowest BCUT2D eigenvalue weighted by molar-refractivity contribution is -0.121. The van der Waals surface area contributed by atoms with Gasteiger partial charge in [0.1, 0.15) is 5.82 Å². The van der Waals surface area contributed by atoms with E-state index in [1.165, 1.54) is 0 Å². The summed E-state index contributed by atoms with van der Waals surface area (Å²) in [6, 6.07) is 12.1. The van der Waals surface area contributed by atoms with Crippen LogP contribution in [0.3, 0.4) is 0 Å². The van der Waals surface area contributed by atoms with Gasteiger partial charge in [0, 0.05) is 37.3 Å². The Kier molecular flexibility index (Phi) is 6.69. The number of anilines is 1. The Morgan fingerprint density at radius 1 is 1.15 bits per heavy atom. The van der Waals surface area contributed by atoms with Crippen molar-refractivity contribution in [3.05, 3.63) is 48.3 Å². The molecule has 2 aliphatic rings. The van der Waals surface area contributed by atoms with Crippen LogP contribution in [-0.2, 0) is 16.0 Å². The van der Waals surface area contributed by atoms with E-state index in [0.717, 1.165) is 72.8 Å². The van der Waals surface area contributed by atoms with Crippen molar-refractivity contribution < 1.29 is 9.53 Å². The number of hydrogen-bond acceptors (Lipinski definition) is 7. The van der Waals surface area contributed by atoms with E-state index >= 15 is 0 Å². The van der Waals surface area contributed by atoms with Crippen LogP contribution in [0.2, 0.25) is 0 Å². The number of carbonyl (C=O) groups excluding carboxylic acids is 1. The largest absolute Gasteiger partial charge is 0.372 e. The normalized spacial score (nSPS) is 23.1. The SMILES string of the molecule is C[C@@H]1CN(c2cccc(-c3ccc4cnc(CC(=O)N[C@@H]5CCCNC5)cc4n3)n2)C[C@H](C)O1. The van der Waals surface area contributed by atoms with Crippen LogP contribution in [0.25, 0.3) is 22.3 Å². The summed E-state index contributed by atoms with van der Waals surface area (Å²) >= 11 is 0. The van der Waals surface area contributed by atoms with Crippen LogP contribution in [0.15, 0.2) is 42.6 Å². The maximum absolute atomic E-state index is 12.5. The van der Waals surface area contributed by atoms with E-state index < -0.39 is 0 Å². The fraction of sp³-hybridized carbons (Fsp3) is 0.462. The van der Waals surface area contributed by atoms with Gasteiger partial charge in [-0.3, -0.25) is 9.78 Å². The molecule has 8 heteroatoms. The summed E-state index contributed by atoms with van der Waals surface area (Å²) in [5.74, 6) is 0.936. The second kappa shape index (κ2) is 10.0. The first-order valence-electron chi connectivity index (χ1n) is 12.2. The van der Waals surface area contributed by atoms with Crippen molar-refractivity contribution in [1.29, 1.82) is 0 Å². The summed E-state index contributed by atoms with van der Waals surface area (Å²) in [6.07, 6.45) is 4.49. The summed E-state index contributed by atoms with van der Waals surface area (Å²) in [6.45, 7) is 7.68. The number of morpholine rings is 1. The zero-order chi connectivity index (χ0) is 23.5. The lowest BCUT2D eigenvalue weighted by atomic mass is 10.1. The van der Waals surface area contributed by atoms with E-state index in [1.54, 1.807) is 6.20 Å². The number of nitrogens with zero attached hydrogens (tertiary/aromatic N) is 4. The molecular weight excluding hydrogens is 428 g/mol. The molecule has 0 radical (unpaired) electrons. The molecule has 2 N–H and O–H groups in total. The molecule has 0 aliphatic carbocycles. The molecule has 34 heavy (non-hydrogen) atoms. The Morgan fingerprint density at radius 3 is 2.76 bits per heavy atom. The average molecular weight is 461 g/mol. The molecule has 3 atom stereocenters. The van der Waals surface area contributed by atoms with Crippen LogP contribution in [0.1, 0.15) is 32.4 Å². The van der Waals surface area contributed by atoms with E-state index in [0.29, 0.717) is 0 Å². The number of piperidine rings is 1. The molecule has 5 rings (SSSR count). The predicted molar refractivity (Wildman–Crippen MR) is 133 cm³/mol. The van der Waals surface area contributed by atoms with Crippen LogP contribution >= 0.6 is 0 Å². The minimum atomic E-state index is 0.0000373. The molecule has 1 amide bonds. The summed E-state index contributed by atoms with van der Waals surface area (Å²) in [5, 5.41) is 7.38. The Morgan fingerprint density at radius 2 is 1.97 bits per heavy atom. The molecule has 5 heterocycles. The summed E-state index contributed by atoms with van der Waals surface area (Å²) in [5.41, 5.74) is 3.16. The first-order chi connectivity index (χ1) is 16.5. The van der Waals surface area contributed by atoms with Crippen molar-refractivity contribution in [2.75, 3.05) is 31.1 Å². The van der Waals surface area contributed by atoms with Crippen molar-refractivity contribution in [1.82, 2.24) is 25.6 Å². The Labute approximate surface area is 200 Å². The first kappa shape index (κ1) is 22.7. The second-order valence-electron chi connectivity index (χ2n) is 9.40. The number of nitrogens with one attached hydrogen (secondary N) is 2. The van der Waals surface area contributed by atoms with Crippen LogP contribution in [0, 0.1) is 0 Å². The quantitative estimate of drug-likeness (QED) is 0.605. The van der Waals surface area contributed by atoms with Crippen molar-refractivity contribution >= 4 is 22.6 Å². The zero-order valence-corrected chi connectivity index (χ0v) is 19.8. The maximum Gasteiger partial charge on any atom is 0.226 e. The Balaban J connectivity index is 1.34. The van der Waals surface area contributed by atoms with Gasteiger partial charge in [0.25, 0.3) is 0 Å². The number of carbonyl (C=O) groups is 1. The van der Waals surface area contributed by atoms with Gasteiger partial charge in [-0.05, 0) is 63.6 Å². The molecule has 2 fully saturated rings. The minimum absolute atomic E-state index is 0.0000373. The van der Waals surface area contributed by atoms with Gasteiger partial charge in [0.05, 0.1) is 41.2 Å². The van der Waals surface area contributed by atoms with E-state index in [4.69, 9.17) is 14.7 Å². The molecule has 0 saturated carbocycles. The highest BCUT2D eigenvalue weighted by Crippen LogP contribution is 2.24. The number of pyridine rings is 3. The Hall–Kier alpha value is -3.10. The molecule has 2 aliphatic heterocycles. The van der Waals surface area contributed by atoms with Gasteiger partial charge in [-0.15, -0.1) is 0 Å². The van der Waals surface area contributed by atoms with Gasteiger partial charge >= 0.3 is 0 Å². The van der Waals surface area contributed by atoms with Crippen molar-refractivity contribution in [2.24, 2.45) is 0 Å². The first-order valence-corrected chi connectivity index (χ1v) is 12.2. The fourth-order valence-corrected chi connectivity index (χ4v) is 4.82. The molecule has 178 valence electrons. The summed E-state index contributed by atoms with van der Waals surface area (Å²) in [4.78, 5) is 29.0. The fourth-order valence-electron chi connectivity index (χ4n) is 4.82. The maximum atomic E-state index is 12.5. The van der Waals surface area contributed by atoms with Gasteiger partial charge in [-0.25, -0.2) is 9.97 Å². The highest BCUT2D eigenvalue weighted by atomic mass is 16.5. The van der Waals surface area contributed by atoms with Gasteiger partial charge in [0.2, 0.25) is 5.91 Å². The van der Waals surface area contributed by atoms with E-state index in [-0.39, 0.29) is 30.6 Å². The minimum Gasteiger partial charge on any atom is -0.372 e. The molecule has 3 aromatic rings. The van der Waals surface area contributed by atoms with Crippen LogP contribution < -0.4 is 15.5 Å². The molecular formula is C26H32N6O2. The molecule has 0 aromatic carbocycles. The molecule has 8 nitrogen and oxygen atoms in total. The number of rotatable bonds is 5. The van der Waals surface area contributed by atoms with E-state index in [1.807, 2.05) is 36.4 Å². The smallest absolute Gasteiger partial charge is 0.226 e. The number of amides is 1. The van der Waals surface area contributed by atoms with E-state index in [9.17, 15) is 4.79 Å². The summed E-state index contributed by atoms with van der Waals surface area (Å²) in [7, 11) is 0. The van der Waals surface area contributed by atoms with Crippen molar-refractivity contribution in [3.63, 3.8) is 0 Å².